The minimum Gasteiger partial charge on any atom is -0.392 e. The Kier molecular flexibility index (Phi) is 4.47. The van der Waals surface area contributed by atoms with Gasteiger partial charge in [-0.3, -0.25) is 0 Å². The lowest BCUT2D eigenvalue weighted by Crippen LogP contribution is -2.14. The highest BCUT2D eigenvalue weighted by molar-refractivity contribution is 8.01. The van der Waals surface area contributed by atoms with Gasteiger partial charge in [0, 0.05) is 17.3 Å². The molecule has 0 bridgehead atoms. The molecule has 15 heavy (non-hydrogen) atoms. The first-order valence-electron chi connectivity index (χ1n) is 5.55. The van der Waals surface area contributed by atoms with Crippen LogP contribution in [0, 0.1) is 5.92 Å². The van der Waals surface area contributed by atoms with E-state index in [0.29, 0.717) is 0 Å². The summed E-state index contributed by atoms with van der Waals surface area (Å²) < 4.78 is 1.07. The molecule has 1 heterocycles. The molecule has 1 fully saturated rings. The summed E-state index contributed by atoms with van der Waals surface area (Å²) in [5, 5.41) is 11.8. The van der Waals surface area contributed by atoms with E-state index in [9.17, 15) is 5.11 Å². The van der Waals surface area contributed by atoms with Gasteiger partial charge >= 0.3 is 0 Å². The molecule has 0 aromatic carbocycles. The summed E-state index contributed by atoms with van der Waals surface area (Å²) in [5.74, 6) is 1.57. The van der Waals surface area contributed by atoms with Crippen LogP contribution in [0.3, 0.4) is 0 Å². The number of aliphatic hydroxyl groups is 1. The number of rotatable bonds is 5. The van der Waals surface area contributed by atoms with Crippen LogP contribution in [0.4, 0.5) is 0 Å². The van der Waals surface area contributed by atoms with Gasteiger partial charge in [0.25, 0.3) is 0 Å². The van der Waals surface area contributed by atoms with E-state index >= 15 is 0 Å². The SMILES string of the molecule is OC(CSc1nccs1)CC1CCCC1. The molecule has 0 saturated heterocycles. The molecule has 1 aliphatic carbocycles. The molecule has 1 N–H and O–H groups in total. The molecular formula is C11H17NOS2. The Bertz CT molecular complexity index is 270. The Hall–Kier alpha value is -0.0600. The minimum atomic E-state index is -0.151. The molecule has 2 rings (SSSR count). The molecule has 1 aliphatic rings. The van der Waals surface area contributed by atoms with Gasteiger partial charge in [0.05, 0.1) is 6.10 Å². The van der Waals surface area contributed by atoms with Crippen molar-refractivity contribution in [2.45, 2.75) is 42.5 Å². The molecule has 0 amide bonds. The number of aliphatic hydroxyl groups excluding tert-OH is 1. The van der Waals surface area contributed by atoms with E-state index in [0.717, 1.165) is 22.4 Å². The van der Waals surface area contributed by atoms with E-state index in [1.165, 1.54) is 25.7 Å². The first-order valence-corrected chi connectivity index (χ1v) is 7.41. The summed E-state index contributed by atoms with van der Waals surface area (Å²) in [7, 11) is 0. The maximum atomic E-state index is 9.86. The van der Waals surface area contributed by atoms with E-state index in [1.54, 1.807) is 23.1 Å². The number of nitrogens with zero attached hydrogens (tertiary/aromatic N) is 1. The van der Waals surface area contributed by atoms with Crippen molar-refractivity contribution in [1.82, 2.24) is 4.98 Å². The fraction of sp³-hybridized carbons (Fsp3) is 0.727. The van der Waals surface area contributed by atoms with Gasteiger partial charge in [-0.2, -0.15) is 0 Å². The zero-order valence-corrected chi connectivity index (χ0v) is 10.4. The van der Waals surface area contributed by atoms with Crippen LogP contribution in [0.1, 0.15) is 32.1 Å². The normalized spacial score (nSPS) is 19.5. The van der Waals surface area contributed by atoms with Gasteiger partial charge in [0.2, 0.25) is 0 Å². The Labute approximate surface area is 99.1 Å². The summed E-state index contributed by atoms with van der Waals surface area (Å²) >= 11 is 3.32. The monoisotopic (exact) mass is 243 g/mol. The number of hydrogen-bond donors (Lipinski definition) is 1. The lowest BCUT2D eigenvalue weighted by molar-refractivity contribution is 0.166. The van der Waals surface area contributed by atoms with Crippen molar-refractivity contribution in [2.24, 2.45) is 5.92 Å². The summed E-state index contributed by atoms with van der Waals surface area (Å²) in [4.78, 5) is 4.19. The highest BCUT2D eigenvalue weighted by Gasteiger charge is 2.18. The van der Waals surface area contributed by atoms with Gasteiger partial charge in [-0.15, -0.1) is 11.3 Å². The quantitative estimate of drug-likeness (QED) is 0.806. The number of thiazole rings is 1. The third kappa shape index (κ3) is 3.78. The predicted octanol–water partition coefficient (Wildman–Crippen LogP) is 3.18. The van der Waals surface area contributed by atoms with Crippen molar-refractivity contribution in [3.05, 3.63) is 11.6 Å². The van der Waals surface area contributed by atoms with Crippen LogP contribution in [0.25, 0.3) is 0 Å². The smallest absolute Gasteiger partial charge is 0.149 e. The average molecular weight is 243 g/mol. The van der Waals surface area contributed by atoms with Gasteiger partial charge in [-0.1, -0.05) is 37.4 Å². The topological polar surface area (TPSA) is 33.1 Å². The van der Waals surface area contributed by atoms with Crippen LogP contribution in [0.2, 0.25) is 0 Å². The van der Waals surface area contributed by atoms with Crippen molar-refractivity contribution in [1.29, 1.82) is 0 Å². The predicted molar refractivity (Wildman–Crippen MR) is 65.4 cm³/mol. The van der Waals surface area contributed by atoms with Crippen LogP contribution in [0.15, 0.2) is 15.9 Å². The molecule has 1 aromatic heterocycles. The minimum absolute atomic E-state index is 0.151. The van der Waals surface area contributed by atoms with E-state index in [-0.39, 0.29) is 6.10 Å². The van der Waals surface area contributed by atoms with Gasteiger partial charge in [0.1, 0.15) is 4.34 Å². The van der Waals surface area contributed by atoms with Crippen molar-refractivity contribution in [3.8, 4) is 0 Å². The fourth-order valence-electron chi connectivity index (χ4n) is 2.15. The second-order valence-corrected chi connectivity index (χ2v) is 6.31. The van der Waals surface area contributed by atoms with Gasteiger partial charge < -0.3 is 5.11 Å². The molecule has 0 spiro atoms. The van der Waals surface area contributed by atoms with Crippen molar-refractivity contribution >= 4 is 23.1 Å². The van der Waals surface area contributed by atoms with Crippen LogP contribution >= 0.6 is 23.1 Å². The maximum absolute atomic E-state index is 9.86. The van der Waals surface area contributed by atoms with Crippen molar-refractivity contribution in [3.63, 3.8) is 0 Å². The number of thioether (sulfide) groups is 1. The Morgan fingerprint density at radius 2 is 2.33 bits per heavy atom. The second kappa shape index (κ2) is 5.87. The molecule has 1 unspecified atom stereocenters. The molecule has 4 heteroatoms. The molecule has 0 radical (unpaired) electrons. The number of aromatic nitrogens is 1. The molecule has 1 atom stereocenters. The Morgan fingerprint density at radius 1 is 1.53 bits per heavy atom. The lowest BCUT2D eigenvalue weighted by Gasteiger charge is -2.13. The third-order valence-corrected chi connectivity index (χ3v) is 5.00. The summed E-state index contributed by atoms with van der Waals surface area (Å²) in [6.45, 7) is 0. The van der Waals surface area contributed by atoms with E-state index in [4.69, 9.17) is 0 Å². The molecule has 0 aliphatic heterocycles. The standard InChI is InChI=1S/C11H17NOS2/c13-10(7-9-3-1-2-4-9)8-15-11-12-5-6-14-11/h5-6,9-10,13H,1-4,7-8H2. The maximum Gasteiger partial charge on any atom is 0.149 e. The summed E-state index contributed by atoms with van der Waals surface area (Å²) in [6.07, 6.45) is 8.00. The van der Waals surface area contributed by atoms with E-state index in [1.807, 2.05) is 11.6 Å². The lowest BCUT2D eigenvalue weighted by atomic mass is 10.0. The molecule has 84 valence electrons. The Balaban J connectivity index is 1.66. The van der Waals surface area contributed by atoms with Crippen LogP contribution in [0.5, 0.6) is 0 Å². The van der Waals surface area contributed by atoms with Crippen LogP contribution < -0.4 is 0 Å². The highest BCUT2D eigenvalue weighted by Crippen LogP contribution is 2.30. The second-order valence-electron chi connectivity index (χ2n) is 4.15. The third-order valence-electron chi connectivity index (χ3n) is 2.89. The average Bonchev–Trinajstić information content (AvgIpc) is 2.86. The first-order chi connectivity index (χ1) is 7.34. The molecule has 1 saturated carbocycles. The molecular weight excluding hydrogens is 226 g/mol. The van der Waals surface area contributed by atoms with Crippen LogP contribution in [-0.2, 0) is 0 Å². The van der Waals surface area contributed by atoms with Crippen molar-refractivity contribution < 1.29 is 5.11 Å². The van der Waals surface area contributed by atoms with Gasteiger partial charge in [0.15, 0.2) is 0 Å². The van der Waals surface area contributed by atoms with Gasteiger partial charge in [-0.05, 0) is 12.3 Å². The first kappa shape index (κ1) is 11.4. The fourth-order valence-corrected chi connectivity index (χ4v) is 3.76. The highest BCUT2D eigenvalue weighted by atomic mass is 32.2. The van der Waals surface area contributed by atoms with Crippen molar-refractivity contribution in [2.75, 3.05) is 5.75 Å². The van der Waals surface area contributed by atoms with Gasteiger partial charge in [-0.25, -0.2) is 4.98 Å². The largest absolute Gasteiger partial charge is 0.392 e. The Morgan fingerprint density at radius 3 is 3.00 bits per heavy atom. The summed E-state index contributed by atoms with van der Waals surface area (Å²) in [5.41, 5.74) is 0. The van der Waals surface area contributed by atoms with Crippen LogP contribution in [-0.4, -0.2) is 21.9 Å². The van der Waals surface area contributed by atoms with E-state index in [2.05, 4.69) is 4.98 Å². The molecule has 1 aromatic rings. The van der Waals surface area contributed by atoms with E-state index < -0.39 is 0 Å². The zero-order chi connectivity index (χ0) is 10.5. The summed E-state index contributed by atoms with van der Waals surface area (Å²) in [6, 6.07) is 0. The number of hydrogen-bond acceptors (Lipinski definition) is 4. The molecule has 2 nitrogen and oxygen atoms in total. The zero-order valence-electron chi connectivity index (χ0n) is 8.76.